The zero-order valence-electron chi connectivity index (χ0n) is 37.1. The van der Waals surface area contributed by atoms with E-state index in [2.05, 4.69) is 56.9 Å². The Balaban J connectivity index is 0.000000421. The van der Waals surface area contributed by atoms with Gasteiger partial charge in [0.1, 0.15) is 11.5 Å². The Labute approximate surface area is 381 Å². The molecular formula is C48H74B2BrFN4O6. The van der Waals surface area contributed by atoms with Crippen molar-refractivity contribution in [1.29, 1.82) is 0 Å². The summed E-state index contributed by atoms with van der Waals surface area (Å²) in [4.78, 5) is 3.74. The molecule has 0 radical (unpaired) electrons. The molecule has 342 valence electrons. The fraction of sp³-hybridized carbons (Fsp3) is 0.500. The number of nitrogens with zero attached hydrogens (tertiary/aromatic N) is 2. The standard InChI is InChI=1S/C27H41BN2O3.C20H28BBrN2O3.CH4.FH/c1-28(32)30(19-24-13-8-14-25(17-24)33-3)20-27(31)26(29-2)18-23-12-7-11-22(16-23)15-21-9-5-4-6-10-21;1-21(26)24(13-16-7-5-9-18(11-16)27-3)14-20(25)19(23-2)12-15-6-4-8-17(22)10-15;;/h7-8,11-14,16-17,21,26-27,29,31-32H,4-6,9-10,15,18-20H2,1-3H3;4-11,19-20,23,25-26H,12-14H2,1-3H3;1H4;1H/t26-,27+;19-,20+;;/m00../s1. The molecule has 1 fully saturated rings. The number of nitrogens with one attached hydrogen (secondary N) is 2. The quantitative estimate of drug-likeness (QED) is 0.0448. The zero-order valence-corrected chi connectivity index (χ0v) is 38.6. The molecule has 0 bridgehead atoms. The third-order valence-corrected chi connectivity index (χ3v) is 12.1. The van der Waals surface area contributed by atoms with Crippen molar-refractivity contribution in [3.8, 4) is 11.5 Å². The molecule has 1 aliphatic rings. The fourth-order valence-corrected chi connectivity index (χ4v) is 8.53. The number of likely N-dealkylation sites (N-methyl/N-ethyl adjacent to an activating group) is 2. The van der Waals surface area contributed by atoms with Crippen molar-refractivity contribution in [2.45, 2.75) is 110 Å². The maximum absolute atomic E-state index is 11.1. The first-order valence-corrected chi connectivity index (χ1v) is 22.3. The summed E-state index contributed by atoms with van der Waals surface area (Å²) >= 11 is 3.48. The zero-order chi connectivity index (χ0) is 43.4. The monoisotopic (exact) mass is 922 g/mol. The van der Waals surface area contributed by atoms with Crippen LogP contribution in [0.25, 0.3) is 0 Å². The average Bonchev–Trinajstić information content (AvgIpc) is 3.25. The molecule has 0 amide bonds. The summed E-state index contributed by atoms with van der Waals surface area (Å²) < 4.78 is 11.6. The molecule has 6 N–H and O–H groups in total. The minimum Gasteiger partial charge on any atom is -0.497 e. The molecule has 4 atom stereocenters. The number of benzene rings is 4. The molecule has 1 saturated carbocycles. The van der Waals surface area contributed by atoms with Crippen molar-refractivity contribution in [2.75, 3.05) is 41.4 Å². The number of halogens is 2. The van der Waals surface area contributed by atoms with Crippen LogP contribution in [0.5, 0.6) is 11.5 Å². The van der Waals surface area contributed by atoms with E-state index in [1.165, 1.54) is 43.2 Å². The Morgan fingerprint density at radius 3 is 1.50 bits per heavy atom. The largest absolute Gasteiger partial charge is 0.497 e. The number of ether oxygens (including phenoxy) is 2. The van der Waals surface area contributed by atoms with Crippen molar-refractivity contribution >= 4 is 30.0 Å². The average molecular weight is 924 g/mol. The second kappa shape index (κ2) is 29.2. The summed E-state index contributed by atoms with van der Waals surface area (Å²) in [6.07, 6.45) is 8.20. The maximum Gasteiger partial charge on any atom is 0.376 e. The van der Waals surface area contributed by atoms with E-state index in [1.54, 1.807) is 27.9 Å². The molecule has 0 spiro atoms. The second-order valence-electron chi connectivity index (χ2n) is 16.3. The summed E-state index contributed by atoms with van der Waals surface area (Å²) in [5.41, 5.74) is 5.86. The first-order valence-electron chi connectivity index (χ1n) is 21.5. The lowest BCUT2D eigenvalue weighted by Crippen LogP contribution is -2.49. The molecule has 1 aliphatic carbocycles. The molecule has 0 unspecified atom stereocenters. The van der Waals surface area contributed by atoms with Crippen molar-refractivity contribution in [2.24, 2.45) is 5.92 Å². The number of aliphatic hydroxyl groups excluding tert-OH is 2. The lowest BCUT2D eigenvalue weighted by atomic mass is 9.83. The van der Waals surface area contributed by atoms with Gasteiger partial charge in [-0.3, -0.25) is 4.70 Å². The molecule has 5 rings (SSSR count). The van der Waals surface area contributed by atoms with Gasteiger partial charge in [0.25, 0.3) is 0 Å². The highest BCUT2D eigenvalue weighted by atomic mass is 79.9. The molecule has 0 aromatic heterocycles. The molecular weight excluding hydrogens is 849 g/mol. The second-order valence-corrected chi connectivity index (χ2v) is 17.2. The van der Waals surface area contributed by atoms with Crippen LogP contribution < -0.4 is 20.1 Å². The predicted octanol–water partition coefficient (Wildman–Crippen LogP) is 7.27. The van der Waals surface area contributed by atoms with E-state index in [9.17, 15) is 20.3 Å². The highest BCUT2D eigenvalue weighted by molar-refractivity contribution is 9.10. The minimum absolute atomic E-state index is 0. The molecule has 0 aliphatic heterocycles. The van der Waals surface area contributed by atoms with Crippen molar-refractivity contribution in [1.82, 2.24) is 20.3 Å². The third-order valence-electron chi connectivity index (χ3n) is 11.7. The molecule has 0 heterocycles. The first-order chi connectivity index (χ1) is 28.9. The van der Waals surface area contributed by atoms with Gasteiger partial charge in [-0.05, 0) is 117 Å². The van der Waals surface area contributed by atoms with Crippen LogP contribution in [0.3, 0.4) is 0 Å². The number of methoxy groups -OCH3 is 2. The molecule has 10 nitrogen and oxygen atoms in total. The normalized spacial score (nSPS) is 14.7. The molecule has 14 heteroatoms. The Hall–Kier alpha value is -3.30. The highest BCUT2D eigenvalue weighted by Gasteiger charge is 2.27. The lowest BCUT2D eigenvalue weighted by molar-refractivity contribution is 0.100. The highest BCUT2D eigenvalue weighted by Crippen LogP contribution is 2.27. The summed E-state index contributed by atoms with van der Waals surface area (Å²) in [6.45, 7) is 5.26. The van der Waals surface area contributed by atoms with E-state index in [-0.39, 0.29) is 24.2 Å². The van der Waals surface area contributed by atoms with Gasteiger partial charge in [0.15, 0.2) is 0 Å². The molecule has 0 saturated heterocycles. The van der Waals surface area contributed by atoms with Gasteiger partial charge in [0, 0.05) is 42.7 Å². The number of aliphatic hydroxyl groups is 2. The van der Waals surface area contributed by atoms with E-state index in [1.807, 2.05) is 90.4 Å². The third kappa shape index (κ3) is 18.8. The molecule has 4 aromatic rings. The van der Waals surface area contributed by atoms with Crippen molar-refractivity contribution < 1.29 is 34.4 Å². The van der Waals surface area contributed by atoms with Crippen LogP contribution in [0.2, 0.25) is 13.6 Å². The van der Waals surface area contributed by atoms with Gasteiger partial charge < -0.3 is 50.0 Å². The Bertz CT molecular complexity index is 1830. The summed E-state index contributed by atoms with van der Waals surface area (Å²) in [7, 11) is 5.69. The van der Waals surface area contributed by atoms with Gasteiger partial charge in [-0.15, -0.1) is 0 Å². The van der Waals surface area contributed by atoms with Crippen LogP contribution in [0, 0.1) is 5.92 Å². The number of hydrogen-bond donors (Lipinski definition) is 6. The van der Waals surface area contributed by atoms with Crippen LogP contribution in [0.1, 0.15) is 67.3 Å². The lowest BCUT2D eigenvalue weighted by Gasteiger charge is -2.30. The van der Waals surface area contributed by atoms with Crippen molar-refractivity contribution in [3.63, 3.8) is 0 Å². The van der Waals surface area contributed by atoms with Crippen LogP contribution in [0.15, 0.2) is 102 Å². The van der Waals surface area contributed by atoms with Gasteiger partial charge in [0.2, 0.25) is 0 Å². The van der Waals surface area contributed by atoms with E-state index in [4.69, 9.17) is 9.47 Å². The molecule has 62 heavy (non-hydrogen) atoms. The van der Waals surface area contributed by atoms with Crippen LogP contribution in [0.4, 0.5) is 4.70 Å². The smallest absolute Gasteiger partial charge is 0.376 e. The minimum atomic E-state index is -0.672. The van der Waals surface area contributed by atoms with Crippen molar-refractivity contribution in [3.05, 3.63) is 129 Å². The van der Waals surface area contributed by atoms with Gasteiger partial charge in [0.05, 0.1) is 26.4 Å². The fourth-order valence-electron chi connectivity index (χ4n) is 8.09. The first kappa shape index (κ1) is 54.8. The summed E-state index contributed by atoms with van der Waals surface area (Å²) in [5.74, 6) is 2.39. The van der Waals surface area contributed by atoms with Crippen LogP contribution in [-0.4, -0.2) is 110 Å². The van der Waals surface area contributed by atoms with E-state index < -0.39 is 26.3 Å². The van der Waals surface area contributed by atoms with Crippen LogP contribution in [-0.2, 0) is 32.4 Å². The van der Waals surface area contributed by atoms with E-state index in [0.717, 1.165) is 51.4 Å². The predicted molar refractivity (Wildman–Crippen MR) is 260 cm³/mol. The maximum atomic E-state index is 11.1. The van der Waals surface area contributed by atoms with E-state index in [0.29, 0.717) is 32.6 Å². The summed E-state index contributed by atoms with van der Waals surface area (Å²) in [5, 5.41) is 48.9. The van der Waals surface area contributed by atoms with Gasteiger partial charge in [-0.2, -0.15) is 0 Å². The Morgan fingerprint density at radius 1 is 0.645 bits per heavy atom. The van der Waals surface area contributed by atoms with Gasteiger partial charge in [-0.25, -0.2) is 0 Å². The summed E-state index contributed by atoms with van der Waals surface area (Å²) in [6, 6.07) is 32.3. The number of hydrogen-bond acceptors (Lipinski definition) is 10. The van der Waals surface area contributed by atoms with Gasteiger partial charge in [-0.1, -0.05) is 116 Å². The topological polar surface area (TPSA) is 130 Å². The SMILES string of the molecule is C.CN[C@@H](Cc1cccc(Br)c1)[C@H](O)CN(Cc1cccc(OC)c1)B(C)O.CN[C@@H](Cc1cccc(CC2CCCCC2)c1)[C@H](O)CN(Cc1cccc(OC)c1)B(C)O.F. The Kier molecular flexibility index (Phi) is 25.8. The molecule has 4 aromatic carbocycles. The van der Waals surface area contributed by atoms with E-state index >= 15 is 0 Å². The number of rotatable bonds is 22. The van der Waals surface area contributed by atoms with Gasteiger partial charge >= 0.3 is 14.1 Å². The van der Waals surface area contributed by atoms with Crippen LogP contribution >= 0.6 is 15.9 Å². The Morgan fingerprint density at radius 2 is 1.06 bits per heavy atom.